The normalized spacial score (nSPS) is 12.3. The molecule has 3 rings (SSSR count). The summed E-state index contributed by atoms with van der Waals surface area (Å²) in [6.45, 7) is 7.57. The van der Waals surface area contributed by atoms with Crippen LogP contribution < -0.4 is 0 Å². The third kappa shape index (κ3) is 2.88. The van der Waals surface area contributed by atoms with Crippen LogP contribution >= 0.6 is 11.6 Å². The summed E-state index contributed by atoms with van der Waals surface area (Å²) in [7, 11) is 0. The first-order chi connectivity index (χ1) is 11.0. The van der Waals surface area contributed by atoms with Gasteiger partial charge < -0.3 is 5.11 Å². The van der Waals surface area contributed by atoms with Gasteiger partial charge in [-0.2, -0.15) is 0 Å². The molecular weight excluding hydrogens is 306 g/mol. The summed E-state index contributed by atoms with van der Waals surface area (Å²) in [5.74, 6) is 0. The zero-order chi connectivity index (χ0) is 16.6. The molecule has 0 bridgehead atoms. The lowest BCUT2D eigenvalue weighted by molar-refractivity contribution is 0.199. The van der Waals surface area contributed by atoms with E-state index in [0.29, 0.717) is 5.02 Å². The molecule has 0 fully saturated rings. The SMILES string of the molecule is C=Cc1ccc2c(-c3ccc(Cl)cc3)c(C(C)O)c(C)cc2n1. The predicted octanol–water partition coefficient (Wildman–Crippen LogP) is 5.56. The van der Waals surface area contributed by atoms with E-state index in [-0.39, 0.29) is 0 Å². The molecule has 2 aromatic carbocycles. The third-order valence-corrected chi connectivity index (χ3v) is 4.27. The molecule has 0 saturated heterocycles. The van der Waals surface area contributed by atoms with Crippen molar-refractivity contribution in [2.45, 2.75) is 20.0 Å². The molecule has 2 nitrogen and oxygen atoms in total. The Morgan fingerprint density at radius 3 is 2.48 bits per heavy atom. The number of hydrogen-bond donors (Lipinski definition) is 1. The summed E-state index contributed by atoms with van der Waals surface area (Å²) in [5, 5.41) is 12.0. The molecule has 0 spiro atoms. The van der Waals surface area contributed by atoms with Crippen LogP contribution in [0.15, 0.2) is 49.0 Å². The van der Waals surface area contributed by atoms with Crippen molar-refractivity contribution >= 4 is 28.6 Å². The van der Waals surface area contributed by atoms with E-state index in [9.17, 15) is 5.11 Å². The fourth-order valence-corrected chi connectivity index (χ4v) is 3.14. The Kier molecular flexibility index (Phi) is 4.20. The maximum atomic E-state index is 10.3. The average Bonchev–Trinajstić information content (AvgIpc) is 2.53. The van der Waals surface area contributed by atoms with Gasteiger partial charge in [-0.1, -0.05) is 36.4 Å². The van der Waals surface area contributed by atoms with Crippen molar-refractivity contribution in [1.29, 1.82) is 0 Å². The minimum absolute atomic E-state index is 0.566. The van der Waals surface area contributed by atoms with Gasteiger partial charge in [-0.05, 0) is 66.4 Å². The standard InChI is InChI=1S/C20H18ClNO/c1-4-16-9-10-17-18(22-16)11-12(2)19(13(3)23)20(17)14-5-7-15(21)8-6-14/h4-11,13,23H,1H2,2-3H3. The van der Waals surface area contributed by atoms with Crippen LogP contribution in [-0.2, 0) is 0 Å². The number of benzene rings is 2. The number of nitrogens with zero attached hydrogens (tertiary/aromatic N) is 1. The van der Waals surface area contributed by atoms with Gasteiger partial charge in [-0.25, -0.2) is 4.98 Å². The lowest BCUT2D eigenvalue weighted by Crippen LogP contribution is -2.01. The van der Waals surface area contributed by atoms with Gasteiger partial charge in [0.2, 0.25) is 0 Å². The summed E-state index contributed by atoms with van der Waals surface area (Å²) < 4.78 is 0. The topological polar surface area (TPSA) is 33.1 Å². The van der Waals surface area contributed by atoms with E-state index in [1.54, 1.807) is 13.0 Å². The lowest BCUT2D eigenvalue weighted by Gasteiger charge is -2.18. The first-order valence-electron chi connectivity index (χ1n) is 7.52. The first-order valence-corrected chi connectivity index (χ1v) is 7.89. The highest BCUT2D eigenvalue weighted by molar-refractivity contribution is 6.30. The van der Waals surface area contributed by atoms with Crippen LogP contribution in [0, 0.1) is 6.92 Å². The largest absolute Gasteiger partial charge is 0.389 e. The molecule has 1 aromatic heterocycles. The number of rotatable bonds is 3. The Labute approximate surface area is 141 Å². The number of hydrogen-bond acceptors (Lipinski definition) is 2. The predicted molar refractivity (Wildman–Crippen MR) is 97.7 cm³/mol. The fraction of sp³-hybridized carbons (Fsp3) is 0.150. The second-order valence-corrected chi connectivity index (χ2v) is 6.11. The number of fused-ring (bicyclic) bond motifs is 1. The molecule has 116 valence electrons. The Balaban J connectivity index is 2.41. The summed E-state index contributed by atoms with van der Waals surface area (Å²) >= 11 is 6.02. The molecule has 0 aliphatic rings. The molecule has 1 unspecified atom stereocenters. The number of aliphatic hydroxyl groups excluding tert-OH is 1. The van der Waals surface area contributed by atoms with Gasteiger partial charge in [-0.15, -0.1) is 0 Å². The molecule has 3 aromatic rings. The van der Waals surface area contributed by atoms with E-state index in [1.165, 1.54) is 0 Å². The van der Waals surface area contributed by atoms with Gasteiger partial charge in [0, 0.05) is 10.4 Å². The molecule has 0 amide bonds. The van der Waals surface area contributed by atoms with Gasteiger partial charge in [0.25, 0.3) is 0 Å². The summed E-state index contributed by atoms with van der Waals surface area (Å²) in [5.41, 5.74) is 5.71. The van der Waals surface area contributed by atoms with E-state index in [0.717, 1.165) is 38.9 Å². The summed E-state index contributed by atoms with van der Waals surface area (Å²) in [6, 6.07) is 13.7. The molecule has 0 radical (unpaired) electrons. The number of aromatic nitrogens is 1. The van der Waals surface area contributed by atoms with Crippen molar-refractivity contribution in [2.24, 2.45) is 0 Å². The number of pyridine rings is 1. The van der Waals surface area contributed by atoms with E-state index in [4.69, 9.17) is 11.6 Å². The molecule has 0 saturated carbocycles. The molecule has 1 heterocycles. The number of aliphatic hydroxyl groups is 1. The lowest BCUT2D eigenvalue weighted by atomic mass is 9.89. The van der Waals surface area contributed by atoms with E-state index in [2.05, 4.69) is 11.6 Å². The zero-order valence-corrected chi connectivity index (χ0v) is 13.9. The van der Waals surface area contributed by atoms with Crippen LogP contribution in [0.4, 0.5) is 0 Å². The fourth-order valence-electron chi connectivity index (χ4n) is 3.02. The second kappa shape index (κ2) is 6.15. The summed E-state index contributed by atoms with van der Waals surface area (Å²) in [6.07, 6.45) is 1.17. The van der Waals surface area contributed by atoms with Crippen LogP contribution in [-0.4, -0.2) is 10.1 Å². The van der Waals surface area contributed by atoms with E-state index < -0.39 is 6.10 Å². The Bertz CT molecular complexity index is 882. The van der Waals surface area contributed by atoms with Gasteiger partial charge in [-0.3, -0.25) is 0 Å². The minimum Gasteiger partial charge on any atom is -0.389 e. The van der Waals surface area contributed by atoms with Crippen molar-refractivity contribution in [3.05, 3.63) is 70.9 Å². The highest BCUT2D eigenvalue weighted by atomic mass is 35.5. The van der Waals surface area contributed by atoms with Gasteiger partial charge in [0.1, 0.15) is 0 Å². The molecule has 1 N–H and O–H groups in total. The van der Waals surface area contributed by atoms with Crippen molar-refractivity contribution in [1.82, 2.24) is 4.98 Å². The number of halogens is 1. The first kappa shape index (κ1) is 15.7. The molecular formula is C20H18ClNO. The Morgan fingerprint density at radius 2 is 1.87 bits per heavy atom. The van der Waals surface area contributed by atoms with Gasteiger partial charge in [0.05, 0.1) is 17.3 Å². The molecule has 0 aliphatic heterocycles. The van der Waals surface area contributed by atoms with E-state index in [1.807, 2.05) is 49.4 Å². The van der Waals surface area contributed by atoms with Gasteiger partial charge >= 0.3 is 0 Å². The molecule has 1 atom stereocenters. The number of aryl methyl sites for hydroxylation is 1. The summed E-state index contributed by atoms with van der Waals surface area (Å²) in [4.78, 5) is 4.63. The van der Waals surface area contributed by atoms with Crippen molar-refractivity contribution in [3.8, 4) is 11.1 Å². The second-order valence-electron chi connectivity index (χ2n) is 5.67. The monoisotopic (exact) mass is 323 g/mol. The zero-order valence-electron chi connectivity index (χ0n) is 13.2. The van der Waals surface area contributed by atoms with Crippen molar-refractivity contribution < 1.29 is 5.11 Å². The molecule has 23 heavy (non-hydrogen) atoms. The van der Waals surface area contributed by atoms with Crippen LogP contribution in [0.5, 0.6) is 0 Å². The highest BCUT2D eigenvalue weighted by Crippen LogP contribution is 2.37. The smallest absolute Gasteiger partial charge is 0.0770 e. The van der Waals surface area contributed by atoms with Crippen LogP contribution in [0.25, 0.3) is 28.1 Å². The highest BCUT2D eigenvalue weighted by Gasteiger charge is 2.17. The van der Waals surface area contributed by atoms with Crippen LogP contribution in [0.1, 0.15) is 29.8 Å². The van der Waals surface area contributed by atoms with Crippen LogP contribution in [0.3, 0.4) is 0 Å². The quantitative estimate of drug-likeness (QED) is 0.684. The average molecular weight is 324 g/mol. The Morgan fingerprint density at radius 1 is 1.17 bits per heavy atom. The molecule has 3 heteroatoms. The third-order valence-electron chi connectivity index (χ3n) is 4.02. The molecule has 0 aliphatic carbocycles. The van der Waals surface area contributed by atoms with E-state index >= 15 is 0 Å². The maximum absolute atomic E-state index is 10.3. The maximum Gasteiger partial charge on any atom is 0.0770 e. The van der Waals surface area contributed by atoms with Crippen molar-refractivity contribution in [3.63, 3.8) is 0 Å². The van der Waals surface area contributed by atoms with Crippen molar-refractivity contribution in [2.75, 3.05) is 0 Å². The Hall–Kier alpha value is -2.16. The van der Waals surface area contributed by atoms with Gasteiger partial charge in [0.15, 0.2) is 0 Å². The minimum atomic E-state index is -0.566. The van der Waals surface area contributed by atoms with Crippen LogP contribution in [0.2, 0.25) is 5.02 Å².